The number of unbranched alkanes of at least 4 members (excludes halogenated alkanes) is 1. The highest BCUT2D eigenvalue weighted by Gasteiger charge is 2.08. The summed E-state index contributed by atoms with van der Waals surface area (Å²) in [5, 5.41) is 3.60. The molecule has 96 valence electrons. The van der Waals surface area contributed by atoms with Crippen molar-refractivity contribution in [2.24, 2.45) is 0 Å². The van der Waals surface area contributed by atoms with Gasteiger partial charge in [0.15, 0.2) is 0 Å². The Balaban J connectivity index is 2.67. The van der Waals surface area contributed by atoms with Gasteiger partial charge in [-0.15, -0.1) is 0 Å². The van der Waals surface area contributed by atoms with E-state index in [-0.39, 0.29) is 0 Å². The number of nitrogens with two attached hydrogens (primary N) is 1. The first-order valence-corrected chi connectivity index (χ1v) is 6.80. The molecule has 0 fully saturated rings. The van der Waals surface area contributed by atoms with Crippen LogP contribution < -0.4 is 11.1 Å². The van der Waals surface area contributed by atoms with Gasteiger partial charge in [-0.05, 0) is 37.5 Å². The molecule has 2 heteroatoms. The van der Waals surface area contributed by atoms with Crippen LogP contribution in [0.1, 0.15) is 51.5 Å². The zero-order chi connectivity index (χ0) is 12.7. The van der Waals surface area contributed by atoms with E-state index >= 15 is 0 Å². The van der Waals surface area contributed by atoms with Gasteiger partial charge in [0.1, 0.15) is 0 Å². The minimum atomic E-state index is 0.559. The Kier molecular flexibility index (Phi) is 5.88. The van der Waals surface area contributed by atoms with Gasteiger partial charge in [0.05, 0.1) is 11.4 Å². The number of hydrogen-bond donors (Lipinski definition) is 2. The monoisotopic (exact) mass is 234 g/mol. The molecule has 0 aliphatic rings. The highest BCUT2D eigenvalue weighted by atomic mass is 14.9. The number of nitrogen functional groups attached to an aromatic ring is 1. The molecule has 0 saturated heterocycles. The maximum atomic E-state index is 6.00. The van der Waals surface area contributed by atoms with E-state index in [0.717, 1.165) is 11.4 Å². The molecule has 0 saturated carbocycles. The van der Waals surface area contributed by atoms with E-state index in [4.69, 9.17) is 5.73 Å². The Morgan fingerprint density at radius 3 is 2.59 bits per heavy atom. The van der Waals surface area contributed by atoms with Gasteiger partial charge < -0.3 is 11.1 Å². The van der Waals surface area contributed by atoms with Crippen LogP contribution in [0.5, 0.6) is 0 Å². The number of aryl methyl sites for hydroxylation is 1. The number of rotatable bonds is 7. The molecule has 0 radical (unpaired) electrons. The first kappa shape index (κ1) is 13.9. The second-order valence-corrected chi connectivity index (χ2v) is 4.86. The fourth-order valence-corrected chi connectivity index (χ4v) is 2.10. The van der Waals surface area contributed by atoms with Crippen LogP contribution in [0, 0.1) is 6.92 Å². The van der Waals surface area contributed by atoms with Gasteiger partial charge in [-0.2, -0.15) is 0 Å². The van der Waals surface area contributed by atoms with E-state index in [1.54, 1.807) is 0 Å². The third kappa shape index (κ3) is 4.68. The van der Waals surface area contributed by atoms with Gasteiger partial charge in [0.25, 0.3) is 0 Å². The fraction of sp³-hybridized carbons (Fsp3) is 0.600. The van der Waals surface area contributed by atoms with Gasteiger partial charge in [-0.1, -0.05) is 39.2 Å². The molecule has 0 spiro atoms. The Bertz CT molecular complexity index is 334. The van der Waals surface area contributed by atoms with Crippen LogP contribution in [0.25, 0.3) is 0 Å². The molecule has 1 aromatic rings. The third-order valence-corrected chi connectivity index (χ3v) is 3.11. The van der Waals surface area contributed by atoms with E-state index < -0.39 is 0 Å². The molecule has 0 bridgehead atoms. The summed E-state index contributed by atoms with van der Waals surface area (Å²) in [6.07, 6.45) is 6.20. The normalized spacial score (nSPS) is 12.4. The largest absolute Gasteiger partial charge is 0.397 e. The summed E-state index contributed by atoms with van der Waals surface area (Å²) >= 11 is 0. The molecule has 1 rings (SSSR count). The van der Waals surface area contributed by atoms with Crippen molar-refractivity contribution in [3.8, 4) is 0 Å². The lowest BCUT2D eigenvalue weighted by Crippen LogP contribution is -2.20. The minimum absolute atomic E-state index is 0.559. The second-order valence-electron chi connectivity index (χ2n) is 4.86. The zero-order valence-corrected chi connectivity index (χ0v) is 11.4. The van der Waals surface area contributed by atoms with Crippen LogP contribution in [-0.2, 0) is 0 Å². The molecule has 17 heavy (non-hydrogen) atoms. The molecular weight excluding hydrogens is 208 g/mol. The van der Waals surface area contributed by atoms with E-state index in [0.29, 0.717) is 6.04 Å². The molecule has 1 atom stereocenters. The summed E-state index contributed by atoms with van der Waals surface area (Å²) in [5.41, 5.74) is 9.21. The lowest BCUT2D eigenvalue weighted by atomic mass is 10.0. The molecule has 3 N–H and O–H groups in total. The lowest BCUT2D eigenvalue weighted by Gasteiger charge is -2.20. The van der Waals surface area contributed by atoms with Crippen molar-refractivity contribution >= 4 is 11.4 Å². The van der Waals surface area contributed by atoms with Gasteiger partial charge in [-0.25, -0.2) is 0 Å². The van der Waals surface area contributed by atoms with Crippen molar-refractivity contribution in [1.82, 2.24) is 0 Å². The summed E-state index contributed by atoms with van der Waals surface area (Å²) < 4.78 is 0. The van der Waals surface area contributed by atoms with Crippen molar-refractivity contribution in [3.63, 3.8) is 0 Å². The van der Waals surface area contributed by atoms with Crippen molar-refractivity contribution in [2.45, 2.75) is 58.9 Å². The molecule has 1 aromatic carbocycles. The van der Waals surface area contributed by atoms with Crippen molar-refractivity contribution in [3.05, 3.63) is 23.8 Å². The van der Waals surface area contributed by atoms with Crippen molar-refractivity contribution in [2.75, 3.05) is 11.1 Å². The van der Waals surface area contributed by atoms with Crippen LogP contribution >= 0.6 is 0 Å². The Labute approximate surface area is 106 Å². The molecule has 0 aromatic heterocycles. The van der Waals surface area contributed by atoms with Crippen LogP contribution in [0.4, 0.5) is 11.4 Å². The Morgan fingerprint density at radius 2 is 1.94 bits per heavy atom. The van der Waals surface area contributed by atoms with E-state index in [1.807, 2.05) is 6.07 Å². The van der Waals surface area contributed by atoms with Crippen LogP contribution in [0.3, 0.4) is 0 Å². The summed E-state index contributed by atoms with van der Waals surface area (Å²) in [7, 11) is 0. The van der Waals surface area contributed by atoms with E-state index in [2.05, 4.69) is 38.2 Å². The number of hydrogen-bond acceptors (Lipinski definition) is 2. The molecule has 1 unspecified atom stereocenters. The first-order valence-electron chi connectivity index (χ1n) is 6.80. The summed E-state index contributed by atoms with van der Waals surface area (Å²) in [5.74, 6) is 0. The molecule has 0 aliphatic heterocycles. The molecular formula is C15H26N2. The molecule has 2 nitrogen and oxygen atoms in total. The molecule has 0 amide bonds. The fourth-order valence-electron chi connectivity index (χ4n) is 2.10. The van der Waals surface area contributed by atoms with Gasteiger partial charge in [0.2, 0.25) is 0 Å². The van der Waals surface area contributed by atoms with E-state index in [1.165, 1.54) is 37.7 Å². The standard InChI is InChI=1S/C15H26N2/c1-4-6-8-13(7-5-2)17-15-11-12(3)9-10-14(15)16/h9-11,13,17H,4-8,16H2,1-3H3. The molecule has 0 aliphatic carbocycles. The highest BCUT2D eigenvalue weighted by Crippen LogP contribution is 2.22. The van der Waals surface area contributed by atoms with Gasteiger partial charge in [0, 0.05) is 6.04 Å². The quantitative estimate of drug-likeness (QED) is 0.688. The third-order valence-electron chi connectivity index (χ3n) is 3.11. The predicted molar refractivity (Wildman–Crippen MR) is 77.4 cm³/mol. The molecule has 0 heterocycles. The zero-order valence-electron chi connectivity index (χ0n) is 11.4. The number of nitrogens with one attached hydrogen (secondary N) is 1. The summed E-state index contributed by atoms with van der Waals surface area (Å²) in [6.45, 7) is 6.58. The second kappa shape index (κ2) is 7.21. The first-order chi connectivity index (χ1) is 8.17. The van der Waals surface area contributed by atoms with Crippen molar-refractivity contribution < 1.29 is 0 Å². The van der Waals surface area contributed by atoms with Crippen LogP contribution in [-0.4, -0.2) is 6.04 Å². The Hall–Kier alpha value is -1.18. The average Bonchev–Trinajstić information content (AvgIpc) is 2.31. The van der Waals surface area contributed by atoms with E-state index in [9.17, 15) is 0 Å². The maximum Gasteiger partial charge on any atom is 0.0578 e. The van der Waals surface area contributed by atoms with Gasteiger partial charge >= 0.3 is 0 Å². The topological polar surface area (TPSA) is 38.0 Å². The summed E-state index contributed by atoms with van der Waals surface area (Å²) in [6, 6.07) is 6.75. The predicted octanol–water partition coefficient (Wildman–Crippen LogP) is 4.35. The maximum absolute atomic E-state index is 6.00. The highest BCUT2D eigenvalue weighted by molar-refractivity contribution is 5.67. The van der Waals surface area contributed by atoms with Gasteiger partial charge in [-0.3, -0.25) is 0 Å². The summed E-state index contributed by atoms with van der Waals surface area (Å²) in [4.78, 5) is 0. The van der Waals surface area contributed by atoms with Crippen LogP contribution in [0.15, 0.2) is 18.2 Å². The smallest absolute Gasteiger partial charge is 0.0578 e. The van der Waals surface area contributed by atoms with Crippen LogP contribution in [0.2, 0.25) is 0 Å². The SMILES string of the molecule is CCCCC(CCC)Nc1cc(C)ccc1N. The number of anilines is 2. The van der Waals surface area contributed by atoms with Crippen molar-refractivity contribution in [1.29, 1.82) is 0 Å². The lowest BCUT2D eigenvalue weighted by molar-refractivity contribution is 0.564. The Morgan fingerprint density at radius 1 is 1.18 bits per heavy atom. The number of benzene rings is 1. The average molecular weight is 234 g/mol. The minimum Gasteiger partial charge on any atom is -0.397 e.